The Hall–Kier alpha value is -2.27. The molecule has 0 aromatic carbocycles. The summed E-state index contributed by atoms with van der Waals surface area (Å²) >= 11 is 0. The Balaban J connectivity index is 1.80. The highest BCUT2D eigenvalue weighted by atomic mass is 16.5. The Bertz CT molecular complexity index is 1010. The predicted molar refractivity (Wildman–Crippen MR) is 122 cm³/mol. The number of allylic oxidation sites excluding steroid dienone is 4. The Kier molecular flexibility index (Phi) is 5.69. The smallest absolute Gasteiger partial charge is 0.302 e. The van der Waals surface area contributed by atoms with E-state index in [0.717, 1.165) is 36.0 Å². The van der Waals surface area contributed by atoms with Crippen LogP contribution in [0.25, 0.3) is 0 Å². The fraction of sp³-hybridized carbons (Fsp3) is 0.593. The van der Waals surface area contributed by atoms with Crippen LogP contribution in [0.3, 0.4) is 0 Å². The third kappa shape index (κ3) is 3.75. The van der Waals surface area contributed by atoms with E-state index >= 15 is 0 Å². The summed E-state index contributed by atoms with van der Waals surface area (Å²) in [7, 11) is 0. The second kappa shape index (κ2) is 7.95. The summed E-state index contributed by atoms with van der Waals surface area (Å²) in [5.74, 6) is -0.355. The molecule has 32 heavy (non-hydrogen) atoms. The first-order valence-corrected chi connectivity index (χ1v) is 11.6. The van der Waals surface area contributed by atoms with Crippen molar-refractivity contribution in [2.24, 2.45) is 16.7 Å². The molecule has 1 saturated carbocycles. The van der Waals surface area contributed by atoms with Gasteiger partial charge in [-0.2, -0.15) is 0 Å². The molecule has 172 valence electrons. The molecule has 0 radical (unpaired) electrons. The maximum absolute atomic E-state index is 13.1. The minimum Gasteiger partial charge on any atom is -0.461 e. The molecule has 0 aromatic rings. The molecule has 1 aliphatic heterocycles. The van der Waals surface area contributed by atoms with Crippen LogP contribution in [0.4, 0.5) is 0 Å². The van der Waals surface area contributed by atoms with Crippen LogP contribution in [-0.4, -0.2) is 36.4 Å². The van der Waals surface area contributed by atoms with Crippen molar-refractivity contribution in [3.05, 3.63) is 46.1 Å². The fourth-order valence-corrected chi connectivity index (χ4v) is 6.27. The van der Waals surface area contributed by atoms with E-state index in [2.05, 4.69) is 20.8 Å². The molecule has 4 aliphatic rings. The molecule has 0 aromatic heterocycles. The molecule has 0 bridgehead atoms. The Morgan fingerprint density at radius 3 is 2.56 bits per heavy atom. The molecule has 3 aliphatic carbocycles. The van der Waals surface area contributed by atoms with E-state index in [9.17, 15) is 14.4 Å². The molecule has 0 spiro atoms. The van der Waals surface area contributed by atoms with Crippen LogP contribution in [0.2, 0.25) is 0 Å². The van der Waals surface area contributed by atoms with Crippen LogP contribution >= 0.6 is 0 Å². The molecule has 5 nitrogen and oxygen atoms in total. The Labute approximate surface area is 190 Å². The van der Waals surface area contributed by atoms with Gasteiger partial charge in [0.25, 0.3) is 0 Å². The highest BCUT2D eigenvalue weighted by Gasteiger charge is 2.50. The zero-order valence-electron chi connectivity index (χ0n) is 20.0. The van der Waals surface area contributed by atoms with Crippen molar-refractivity contribution in [1.29, 1.82) is 0 Å². The molecule has 0 saturated heterocycles. The standard InChI is InChI=1S/C27H34O5/c1-15-10-22-19(12-20(15)29)18(14-31-17(3)28)11-23(32-22)25-16(2)21(30)13-24-26(4,5)8-7-9-27(24,25)6/h10-11,13,19,22-23H,7-9,12,14H2,1-6H3. The summed E-state index contributed by atoms with van der Waals surface area (Å²) in [5, 5.41) is 0. The third-order valence-corrected chi connectivity index (χ3v) is 7.97. The van der Waals surface area contributed by atoms with Crippen molar-refractivity contribution in [2.45, 2.75) is 79.4 Å². The van der Waals surface area contributed by atoms with Crippen LogP contribution in [0.5, 0.6) is 0 Å². The van der Waals surface area contributed by atoms with Gasteiger partial charge in [0, 0.05) is 24.7 Å². The third-order valence-electron chi connectivity index (χ3n) is 7.97. The fourth-order valence-electron chi connectivity index (χ4n) is 6.27. The number of esters is 1. The molecule has 0 N–H and O–H groups in total. The van der Waals surface area contributed by atoms with E-state index in [4.69, 9.17) is 9.47 Å². The van der Waals surface area contributed by atoms with Crippen LogP contribution in [0.15, 0.2) is 46.1 Å². The average Bonchev–Trinajstić information content (AvgIpc) is 2.69. The van der Waals surface area contributed by atoms with Gasteiger partial charge in [0.1, 0.15) is 6.61 Å². The van der Waals surface area contributed by atoms with E-state index in [1.807, 2.05) is 32.1 Å². The van der Waals surface area contributed by atoms with Crippen LogP contribution in [0.1, 0.15) is 67.2 Å². The zero-order chi connectivity index (χ0) is 23.4. The van der Waals surface area contributed by atoms with Crippen molar-refractivity contribution < 1.29 is 23.9 Å². The summed E-state index contributed by atoms with van der Waals surface area (Å²) in [6, 6.07) is 0. The normalized spacial score (nSPS) is 34.2. The first-order chi connectivity index (χ1) is 14.9. The van der Waals surface area contributed by atoms with Crippen molar-refractivity contribution in [3.8, 4) is 0 Å². The van der Waals surface area contributed by atoms with E-state index in [1.54, 1.807) is 0 Å². The molecule has 0 amide bonds. The number of ketones is 2. The lowest BCUT2D eigenvalue weighted by molar-refractivity contribution is -0.140. The minimum absolute atomic E-state index is 0.0497. The van der Waals surface area contributed by atoms with Gasteiger partial charge in [-0.25, -0.2) is 0 Å². The lowest BCUT2D eigenvalue weighted by Crippen LogP contribution is -2.46. The minimum atomic E-state index is -0.398. The van der Waals surface area contributed by atoms with Crippen LogP contribution < -0.4 is 0 Å². The maximum atomic E-state index is 13.1. The van der Waals surface area contributed by atoms with E-state index < -0.39 is 6.10 Å². The molecule has 4 rings (SSSR count). The lowest BCUT2D eigenvalue weighted by atomic mass is 9.54. The summed E-state index contributed by atoms with van der Waals surface area (Å²) in [6.07, 6.45) is 8.54. The molecule has 4 unspecified atom stereocenters. The monoisotopic (exact) mass is 438 g/mol. The molecule has 4 atom stereocenters. The highest BCUT2D eigenvalue weighted by molar-refractivity contribution is 6.06. The summed E-state index contributed by atoms with van der Waals surface area (Å²) in [5.41, 5.74) is 4.25. The second-order valence-electron chi connectivity index (χ2n) is 10.7. The number of ether oxygens (including phenoxy) is 2. The number of hydrogen-bond acceptors (Lipinski definition) is 5. The largest absolute Gasteiger partial charge is 0.461 e. The van der Waals surface area contributed by atoms with E-state index in [1.165, 1.54) is 12.5 Å². The first kappa shape index (κ1) is 22.9. The Morgan fingerprint density at radius 1 is 1.16 bits per heavy atom. The van der Waals surface area contributed by atoms with E-state index in [-0.39, 0.29) is 47.0 Å². The highest BCUT2D eigenvalue weighted by Crippen LogP contribution is 2.58. The summed E-state index contributed by atoms with van der Waals surface area (Å²) < 4.78 is 12.0. The topological polar surface area (TPSA) is 69.7 Å². The van der Waals surface area contributed by atoms with Gasteiger partial charge >= 0.3 is 5.97 Å². The molecule has 1 fully saturated rings. The number of carbonyl (C=O) groups excluding carboxylic acids is 3. The number of carbonyl (C=O) groups is 3. The second-order valence-corrected chi connectivity index (χ2v) is 10.7. The van der Waals surface area contributed by atoms with Gasteiger partial charge in [-0.15, -0.1) is 0 Å². The van der Waals surface area contributed by atoms with Crippen molar-refractivity contribution >= 4 is 17.5 Å². The SMILES string of the molecule is CC(=O)OCC1=CC(C2=C(C)C(=O)C=C3C(C)(C)CCCC32C)OC2C=C(C)C(=O)CC12. The number of rotatable bonds is 3. The predicted octanol–water partition coefficient (Wildman–Crippen LogP) is 4.82. The van der Waals surface area contributed by atoms with Crippen LogP contribution in [-0.2, 0) is 23.9 Å². The van der Waals surface area contributed by atoms with Crippen LogP contribution in [0, 0.1) is 16.7 Å². The van der Waals surface area contributed by atoms with Gasteiger partial charge in [0.2, 0.25) is 0 Å². The average molecular weight is 439 g/mol. The zero-order valence-corrected chi connectivity index (χ0v) is 20.0. The first-order valence-electron chi connectivity index (χ1n) is 11.6. The van der Waals surface area contributed by atoms with Gasteiger partial charge in [-0.1, -0.05) is 32.8 Å². The van der Waals surface area contributed by atoms with Crippen molar-refractivity contribution in [3.63, 3.8) is 0 Å². The van der Waals surface area contributed by atoms with Gasteiger partial charge in [0.05, 0.1) is 12.2 Å². The van der Waals surface area contributed by atoms with Crippen molar-refractivity contribution in [2.75, 3.05) is 6.61 Å². The molecular formula is C27H34O5. The quantitative estimate of drug-likeness (QED) is 0.467. The number of Topliss-reactive ketones (excluding diaryl/α,β-unsaturated/α-hetero) is 1. The van der Waals surface area contributed by atoms with Crippen molar-refractivity contribution in [1.82, 2.24) is 0 Å². The van der Waals surface area contributed by atoms with Gasteiger partial charge in [0.15, 0.2) is 11.6 Å². The number of hydrogen-bond donors (Lipinski definition) is 0. The van der Waals surface area contributed by atoms with Gasteiger partial charge < -0.3 is 9.47 Å². The molecule has 5 heteroatoms. The van der Waals surface area contributed by atoms with E-state index in [0.29, 0.717) is 12.0 Å². The summed E-state index contributed by atoms with van der Waals surface area (Å²) in [6.45, 7) is 11.9. The van der Waals surface area contributed by atoms with Gasteiger partial charge in [-0.3, -0.25) is 14.4 Å². The Morgan fingerprint density at radius 2 is 1.88 bits per heavy atom. The summed E-state index contributed by atoms with van der Waals surface area (Å²) in [4.78, 5) is 37.0. The lowest BCUT2D eigenvalue weighted by Gasteiger charge is -2.52. The maximum Gasteiger partial charge on any atom is 0.302 e. The van der Waals surface area contributed by atoms with Gasteiger partial charge in [-0.05, 0) is 72.6 Å². The number of fused-ring (bicyclic) bond motifs is 2. The molecule has 1 heterocycles. The molecular weight excluding hydrogens is 404 g/mol.